The molecular formula is C48H45ClF3N9O8. The number of rotatable bonds is 16. The van der Waals surface area contributed by atoms with Crippen LogP contribution in [0.3, 0.4) is 0 Å². The SMILES string of the molecule is O=C1CCC(N2C(=O)c3cccc(NCCN4CCN(C(=O)COCCOc5ccc(CCc6c(-c7ccc(C(F)(F)F)cc7)nn(-c7nc8cc(Cl)ccc8[nH]7)c6O)cc5)CC4)c3C2=O)C(=O)N1. The van der Waals surface area contributed by atoms with Gasteiger partial charge in [0.25, 0.3) is 11.8 Å². The monoisotopic (exact) mass is 967 g/mol. The topological polar surface area (TPSA) is 204 Å². The second kappa shape index (κ2) is 19.7. The van der Waals surface area contributed by atoms with Gasteiger partial charge in [-0.3, -0.25) is 39.1 Å². The number of carbonyl (C=O) groups is 5. The average Bonchev–Trinajstić information content (AvgIpc) is 3.98. The number of nitrogens with one attached hydrogen (secondary N) is 3. The van der Waals surface area contributed by atoms with Crippen molar-refractivity contribution >= 4 is 57.9 Å². The number of amides is 5. The van der Waals surface area contributed by atoms with Gasteiger partial charge in [0.05, 0.1) is 34.3 Å². The molecule has 1 unspecified atom stereocenters. The molecule has 4 aromatic carbocycles. The fourth-order valence-corrected chi connectivity index (χ4v) is 8.82. The number of alkyl halides is 3. The summed E-state index contributed by atoms with van der Waals surface area (Å²) in [5, 5.41) is 22.0. The minimum atomic E-state index is -4.51. The third-order valence-corrected chi connectivity index (χ3v) is 12.6. The number of hydrogen-bond acceptors (Lipinski definition) is 12. The van der Waals surface area contributed by atoms with Gasteiger partial charge in [0.1, 0.15) is 30.7 Å². The highest BCUT2D eigenvalue weighted by molar-refractivity contribution is 6.31. The van der Waals surface area contributed by atoms with Crippen molar-refractivity contribution in [3.05, 3.63) is 118 Å². The maximum absolute atomic E-state index is 13.4. The summed E-state index contributed by atoms with van der Waals surface area (Å²) in [6.45, 7) is 3.62. The molecule has 0 radical (unpaired) electrons. The fourth-order valence-electron chi connectivity index (χ4n) is 8.66. The van der Waals surface area contributed by atoms with Gasteiger partial charge in [-0.1, -0.05) is 41.9 Å². The van der Waals surface area contributed by atoms with Gasteiger partial charge in [-0.05, 0) is 79.4 Å². The Kier molecular flexibility index (Phi) is 13.4. The van der Waals surface area contributed by atoms with Crippen molar-refractivity contribution in [3.8, 4) is 28.8 Å². The van der Waals surface area contributed by atoms with Gasteiger partial charge in [0, 0.05) is 67.5 Å². The number of halogens is 4. The second-order valence-electron chi connectivity index (χ2n) is 16.7. The maximum Gasteiger partial charge on any atom is 0.416 e. The van der Waals surface area contributed by atoms with E-state index in [1.807, 2.05) is 12.1 Å². The summed E-state index contributed by atoms with van der Waals surface area (Å²) < 4.78 is 52.8. The largest absolute Gasteiger partial charge is 0.493 e. The van der Waals surface area contributed by atoms with Crippen LogP contribution < -0.4 is 15.4 Å². The van der Waals surface area contributed by atoms with Crippen molar-refractivity contribution in [2.24, 2.45) is 0 Å². The first kappa shape index (κ1) is 46.8. The van der Waals surface area contributed by atoms with E-state index in [0.717, 1.165) is 22.6 Å². The van der Waals surface area contributed by atoms with Gasteiger partial charge < -0.3 is 29.8 Å². The first-order valence-corrected chi connectivity index (χ1v) is 22.6. The molecule has 0 spiro atoms. The molecule has 2 aromatic heterocycles. The van der Waals surface area contributed by atoms with Crippen molar-refractivity contribution in [1.29, 1.82) is 0 Å². The molecule has 0 bridgehead atoms. The maximum atomic E-state index is 13.4. The summed E-state index contributed by atoms with van der Waals surface area (Å²) in [4.78, 5) is 76.0. The zero-order valence-electron chi connectivity index (χ0n) is 36.9. The van der Waals surface area contributed by atoms with E-state index in [4.69, 9.17) is 21.1 Å². The van der Waals surface area contributed by atoms with Crippen LogP contribution in [0.15, 0.2) is 84.9 Å². The molecule has 21 heteroatoms. The lowest BCUT2D eigenvalue weighted by atomic mass is 10.00. The molecule has 6 aromatic rings. The minimum Gasteiger partial charge on any atom is -0.493 e. The molecule has 4 N–H and O–H groups in total. The summed E-state index contributed by atoms with van der Waals surface area (Å²) >= 11 is 6.14. The number of ether oxygens (including phenoxy) is 2. The molecule has 1 atom stereocenters. The zero-order valence-corrected chi connectivity index (χ0v) is 37.6. The van der Waals surface area contributed by atoms with E-state index in [1.165, 1.54) is 16.8 Å². The number of nitrogens with zero attached hydrogens (tertiary/aromatic N) is 6. The molecule has 5 amide bonds. The highest BCUT2D eigenvalue weighted by atomic mass is 35.5. The number of fused-ring (bicyclic) bond motifs is 2. The van der Waals surface area contributed by atoms with Crippen molar-refractivity contribution < 1.29 is 51.7 Å². The summed E-state index contributed by atoms with van der Waals surface area (Å²) in [5.41, 5.74) is 3.30. The molecule has 9 rings (SSSR count). The zero-order chi connectivity index (χ0) is 48.4. The average molecular weight is 968 g/mol. The third kappa shape index (κ3) is 10.1. The Morgan fingerprint density at radius 3 is 2.42 bits per heavy atom. The number of imidazole rings is 1. The minimum absolute atomic E-state index is 0.0402. The number of piperazine rings is 1. The molecular weight excluding hydrogens is 923 g/mol. The number of aromatic nitrogens is 4. The van der Waals surface area contributed by atoms with E-state index in [2.05, 4.69) is 30.6 Å². The number of aryl methyl sites for hydroxylation is 1. The number of hydrogen-bond donors (Lipinski definition) is 4. The fraction of sp³-hybridized carbons (Fsp3) is 0.312. The third-order valence-electron chi connectivity index (χ3n) is 12.3. The number of imide groups is 2. The number of piperidine rings is 1. The van der Waals surface area contributed by atoms with Crippen LogP contribution in [-0.4, -0.2) is 134 Å². The van der Waals surface area contributed by atoms with Crippen LogP contribution in [-0.2, 0) is 38.1 Å². The number of benzene rings is 4. The Bertz CT molecular complexity index is 2930. The van der Waals surface area contributed by atoms with Crippen LogP contribution in [0.25, 0.3) is 28.2 Å². The van der Waals surface area contributed by atoms with Gasteiger partial charge in [-0.25, -0.2) is 4.98 Å². The van der Waals surface area contributed by atoms with Crippen LogP contribution >= 0.6 is 11.6 Å². The number of carbonyl (C=O) groups excluding carboxylic acids is 5. The number of anilines is 1. The van der Waals surface area contributed by atoms with Gasteiger partial charge >= 0.3 is 6.18 Å². The Labute approximate surface area is 397 Å². The van der Waals surface area contributed by atoms with E-state index in [9.17, 15) is 42.3 Å². The van der Waals surface area contributed by atoms with E-state index in [0.29, 0.717) is 96.4 Å². The second-order valence-corrected chi connectivity index (χ2v) is 17.2. The molecule has 17 nitrogen and oxygen atoms in total. The van der Waals surface area contributed by atoms with Crippen molar-refractivity contribution in [1.82, 2.24) is 39.8 Å². The molecule has 3 aliphatic rings. The molecule has 69 heavy (non-hydrogen) atoms. The summed E-state index contributed by atoms with van der Waals surface area (Å²) in [5.74, 6) is -1.80. The molecule has 0 aliphatic carbocycles. The normalized spacial score (nSPS) is 16.6. The first-order chi connectivity index (χ1) is 33.2. The summed E-state index contributed by atoms with van der Waals surface area (Å²) in [6, 6.07) is 20.9. The van der Waals surface area contributed by atoms with Crippen LogP contribution in [0.5, 0.6) is 11.6 Å². The summed E-state index contributed by atoms with van der Waals surface area (Å²) in [7, 11) is 0. The molecule has 0 saturated carbocycles. The highest BCUT2D eigenvalue weighted by Gasteiger charge is 2.45. The Morgan fingerprint density at radius 1 is 0.913 bits per heavy atom. The van der Waals surface area contributed by atoms with E-state index >= 15 is 0 Å². The Hall–Kier alpha value is -7.29. The van der Waals surface area contributed by atoms with Crippen molar-refractivity contribution in [2.45, 2.75) is 37.9 Å². The number of H-pyrrole nitrogens is 1. The van der Waals surface area contributed by atoms with Crippen LogP contribution in [0.2, 0.25) is 5.02 Å². The highest BCUT2D eigenvalue weighted by Crippen LogP contribution is 2.36. The van der Waals surface area contributed by atoms with Crippen LogP contribution in [0.1, 0.15) is 50.2 Å². The van der Waals surface area contributed by atoms with Crippen LogP contribution in [0, 0.1) is 0 Å². The van der Waals surface area contributed by atoms with Gasteiger partial charge in [-0.15, -0.1) is 0 Å². The van der Waals surface area contributed by atoms with E-state index < -0.39 is 41.4 Å². The standard InChI is InChI=1S/C48H45ClF3N9O8/c49-31-11-15-35-37(26-31)55-47(54-35)61-45(66)34(42(57-61)29-7-9-30(10-8-29)48(50,51)52)14-6-28-4-12-32(13-5-28)69-25-24-68-27-40(63)59-22-20-58(21-23-59)19-18-53-36-3-1-2-33-41(36)46(67)60(44(33)65)38-16-17-39(62)56-43(38)64/h1-5,7-13,15,26,38,53,66H,6,14,16-25,27H2,(H,54,55)(H,56,62,64). The van der Waals surface area contributed by atoms with Gasteiger partial charge in [0.2, 0.25) is 29.5 Å². The predicted molar refractivity (Wildman–Crippen MR) is 245 cm³/mol. The van der Waals surface area contributed by atoms with E-state index in [-0.39, 0.29) is 61.5 Å². The molecule has 3 aliphatic heterocycles. The Balaban J connectivity index is 0.710. The Morgan fingerprint density at radius 2 is 1.68 bits per heavy atom. The lowest BCUT2D eigenvalue weighted by molar-refractivity contribution is -0.138. The summed E-state index contributed by atoms with van der Waals surface area (Å²) in [6.07, 6.45) is -3.65. The van der Waals surface area contributed by atoms with E-state index in [1.54, 1.807) is 53.4 Å². The van der Waals surface area contributed by atoms with Crippen molar-refractivity contribution in [3.63, 3.8) is 0 Å². The first-order valence-electron chi connectivity index (χ1n) is 22.2. The van der Waals surface area contributed by atoms with Crippen LogP contribution in [0.4, 0.5) is 18.9 Å². The predicted octanol–water partition coefficient (Wildman–Crippen LogP) is 5.63. The number of aromatic amines is 1. The molecule has 2 fully saturated rings. The van der Waals surface area contributed by atoms with Gasteiger partial charge in [0.15, 0.2) is 0 Å². The smallest absolute Gasteiger partial charge is 0.416 e. The van der Waals surface area contributed by atoms with Crippen molar-refractivity contribution in [2.75, 3.05) is 64.4 Å². The van der Waals surface area contributed by atoms with Gasteiger partial charge in [-0.2, -0.15) is 23.0 Å². The lowest BCUT2D eigenvalue weighted by Crippen LogP contribution is -2.54. The quantitative estimate of drug-likeness (QED) is 0.0689. The number of aromatic hydroxyl groups is 1. The molecule has 5 heterocycles. The lowest BCUT2D eigenvalue weighted by Gasteiger charge is -2.34. The molecule has 2 saturated heterocycles. The molecule has 358 valence electrons.